The average Bonchev–Trinajstić information content (AvgIpc) is 3.03. The van der Waals surface area contributed by atoms with Crippen molar-refractivity contribution in [3.63, 3.8) is 0 Å². The van der Waals surface area contributed by atoms with Crippen LogP contribution in [0.25, 0.3) is 6.08 Å². The molecule has 1 aromatic heterocycles. The van der Waals surface area contributed by atoms with Crippen LogP contribution >= 0.6 is 11.3 Å². The minimum absolute atomic E-state index is 0.207. The number of amides is 1. The number of thiazole rings is 1. The number of hydrogen-bond acceptors (Lipinski definition) is 5. The van der Waals surface area contributed by atoms with Crippen LogP contribution in [0.5, 0.6) is 11.5 Å². The molecule has 0 bridgehead atoms. The first-order chi connectivity index (χ1) is 10.1. The number of rotatable bonds is 3. The normalized spacial score (nSPS) is 12.9. The topological polar surface area (TPSA) is 60.5 Å². The van der Waals surface area contributed by atoms with Gasteiger partial charge in [0.25, 0.3) is 0 Å². The Morgan fingerprint density at radius 2 is 2.14 bits per heavy atom. The number of ether oxygens (including phenoxy) is 2. The van der Waals surface area contributed by atoms with Crippen LogP contribution in [0.15, 0.2) is 24.3 Å². The predicted octanol–water partition coefficient (Wildman–Crippen LogP) is 3.14. The van der Waals surface area contributed by atoms with E-state index in [9.17, 15) is 4.79 Å². The summed E-state index contributed by atoms with van der Waals surface area (Å²) >= 11 is 1.47. The average molecular weight is 302 g/mol. The third kappa shape index (κ3) is 3.05. The summed E-state index contributed by atoms with van der Waals surface area (Å²) in [6, 6.07) is 5.53. The van der Waals surface area contributed by atoms with Crippen molar-refractivity contribution in [2.24, 2.45) is 0 Å². The molecule has 0 atom stereocenters. The van der Waals surface area contributed by atoms with E-state index in [0.29, 0.717) is 10.9 Å². The number of benzene rings is 1. The molecule has 0 saturated heterocycles. The predicted molar refractivity (Wildman–Crippen MR) is 81.8 cm³/mol. The molecule has 1 aromatic carbocycles. The van der Waals surface area contributed by atoms with Crippen LogP contribution in [-0.4, -0.2) is 17.7 Å². The number of aryl methyl sites for hydroxylation is 2. The Morgan fingerprint density at radius 1 is 1.33 bits per heavy atom. The standard InChI is InChI=1S/C15H14N2O3S/c1-9-10(2)21-15(16-9)17-14(18)6-4-11-3-5-12-13(7-11)20-8-19-12/h3-7H,8H2,1-2H3,(H,16,17,18)/b6-4+. The van der Waals surface area contributed by atoms with Gasteiger partial charge < -0.3 is 9.47 Å². The molecule has 1 N–H and O–H groups in total. The minimum Gasteiger partial charge on any atom is -0.454 e. The number of nitrogens with one attached hydrogen (secondary N) is 1. The molecule has 1 amide bonds. The lowest BCUT2D eigenvalue weighted by Crippen LogP contribution is -2.07. The second kappa shape index (κ2) is 5.57. The summed E-state index contributed by atoms with van der Waals surface area (Å²) in [5, 5.41) is 3.37. The number of carbonyl (C=O) groups excluding carboxylic acids is 1. The van der Waals surface area contributed by atoms with Gasteiger partial charge in [0.15, 0.2) is 16.6 Å². The number of fused-ring (bicyclic) bond motifs is 1. The highest BCUT2D eigenvalue weighted by Gasteiger charge is 2.12. The first-order valence-corrected chi connectivity index (χ1v) is 7.26. The van der Waals surface area contributed by atoms with Crippen LogP contribution in [0.3, 0.4) is 0 Å². The summed E-state index contributed by atoms with van der Waals surface area (Å²) in [7, 11) is 0. The Kier molecular flexibility index (Phi) is 3.62. The van der Waals surface area contributed by atoms with Crippen LogP contribution in [0.4, 0.5) is 5.13 Å². The van der Waals surface area contributed by atoms with Crippen LogP contribution in [0, 0.1) is 13.8 Å². The summed E-state index contributed by atoms with van der Waals surface area (Å²) in [5.41, 5.74) is 1.82. The summed E-state index contributed by atoms with van der Waals surface area (Å²) in [4.78, 5) is 17.2. The first kappa shape index (κ1) is 13.6. The third-order valence-electron chi connectivity index (χ3n) is 3.08. The molecule has 0 saturated carbocycles. The lowest BCUT2D eigenvalue weighted by molar-refractivity contribution is -0.111. The first-order valence-electron chi connectivity index (χ1n) is 6.44. The quantitative estimate of drug-likeness (QED) is 0.885. The molecule has 2 heterocycles. The van der Waals surface area contributed by atoms with E-state index in [-0.39, 0.29) is 12.7 Å². The molecule has 3 rings (SSSR count). The smallest absolute Gasteiger partial charge is 0.250 e. The van der Waals surface area contributed by atoms with Gasteiger partial charge in [0.2, 0.25) is 12.7 Å². The van der Waals surface area contributed by atoms with Gasteiger partial charge in [-0.1, -0.05) is 6.07 Å². The van der Waals surface area contributed by atoms with Gasteiger partial charge in [-0.15, -0.1) is 11.3 Å². The third-order valence-corrected chi connectivity index (χ3v) is 4.07. The van der Waals surface area contributed by atoms with Crippen LogP contribution in [0.1, 0.15) is 16.1 Å². The molecule has 0 spiro atoms. The molecular formula is C15H14N2O3S. The fourth-order valence-corrected chi connectivity index (χ4v) is 2.68. The van der Waals surface area contributed by atoms with E-state index in [1.807, 2.05) is 32.0 Å². The lowest BCUT2D eigenvalue weighted by Gasteiger charge is -1.98. The van der Waals surface area contributed by atoms with Crippen LogP contribution in [-0.2, 0) is 4.79 Å². The largest absolute Gasteiger partial charge is 0.454 e. The lowest BCUT2D eigenvalue weighted by atomic mass is 10.2. The molecule has 6 heteroatoms. The molecule has 0 unspecified atom stereocenters. The molecule has 0 radical (unpaired) electrons. The zero-order valence-electron chi connectivity index (χ0n) is 11.7. The molecule has 21 heavy (non-hydrogen) atoms. The Balaban J connectivity index is 1.66. The van der Waals surface area contributed by atoms with Crippen molar-refractivity contribution in [2.45, 2.75) is 13.8 Å². The number of aromatic nitrogens is 1. The molecule has 108 valence electrons. The van der Waals surface area contributed by atoms with Gasteiger partial charge in [-0.05, 0) is 37.6 Å². The molecule has 1 aliphatic rings. The van der Waals surface area contributed by atoms with E-state index in [1.165, 1.54) is 17.4 Å². The minimum atomic E-state index is -0.207. The molecule has 2 aromatic rings. The number of nitrogens with zero attached hydrogens (tertiary/aromatic N) is 1. The van der Waals surface area contributed by atoms with Crippen molar-refractivity contribution in [1.82, 2.24) is 4.98 Å². The van der Waals surface area contributed by atoms with E-state index in [0.717, 1.165) is 21.9 Å². The highest BCUT2D eigenvalue weighted by Crippen LogP contribution is 2.32. The maximum absolute atomic E-state index is 11.9. The zero-order valence-corrected chi connectivity index (χ0v) is 12.5. The fourth-order valence-electron chi connectivity index (χ4n) is 1.86. The zero-order chi connectivity index (χ0) is 14.8. The molecule has 5 nitrogen and oxygen atoms in total. The Morgan fingerprint density at radius 3 is 2.90 bits per heavy atom. The Hall–Kier alpha value is -2.34. The van der Waals surface area contributed by atoms with Crippen LogP contribution in [0.2, 0.25) is 0 Å². The summed E-state index contributed by atoms with van der Waals surface area (Å²) in [6.45, 7) is 4.14. The van der Waals surface area contributed by atoms with E-state index in [2.05, 4.69) is 10.3 Å². The van der Waals surface area contributed by atoms with E-state index in [4.69, 9.17) is 9.47 Å². The van der Waals surface area contributed by atoms with Crippen molar-refractivity contribution in [2.75, 3.05) is 12.1 Å². The number of hydrogen-bond donors (Lipinski definition) is 1. The molecule has 1 aliphatic heterocycles. The van der Waals surface area contributed by atoms with Gasteiger partial charge in [-0.3, -0.25) is 10.1 Å². The van der Waals surface area contributed by atoms with Gasteiger partial charge in [0.1, 0.15) is 0 Å². The van der Waals surface area contributed by atoms with Gasteiger partial charge in [-0.2, -0.15) is 0 Å². The number of carbonyl (C=O) groups is 1. The molecular weight excluding hydrogens is 288 g/mol. The van der Waals surface area contributed by atoms with Crippen LogP contribution < -0.4 is 14.8 Å². The van der Waals surface area contributed by atoms with Gasteiger partial charge in [0, 0.05) is 11.0 Å². The summed E-state index contributed by atoms with van der Waals surface area (Å²) in [5.74, 6) is 1.22. The maximum Gasteiger partial charge on any atom is 0.250 e. The van der Waals surface area contributed by atoms with Gasteiger partial charge in [0.05, 0.1) is 5.69 Å². The Labute approximate surface area is 126 Å². The SMILES string of the molecule is Cc1nc(NC(=O)/C=C/c2ccc3c(c2)OCO3)sc1C. The fraction of sp³-hybridized carbons (Fsp3) is 0.200. The van der Waals surface area contributed by atoms with Crippen molar-refractivity contribution in [3.8, 4) is 11.5 Å². The molecule has 0 aliphatic carbocycles. The highest BCUT2D eigenvalue weighted by atomic mass is 32.1. The second-order valence-electron chi connectivity index (χ2n) is 4.60. The highest BCUT2D eigenvalue weighted by molar-refractivity contribution is 7.15. The molecule has 0 fully saturated rings. The number of anilines is 1. The van der Waals surface area contributed by atoms with E-state index >= 15 is 0 Å². The van der Waals surface area contributed by atoms with Gasteiger partial charge in [-0.25, -0.2) is 4.98 Å². The Bertz CT molecular complexity index is 702. The monoisotopic (exact) mass is 302 g/mol. The van der Waals surface area contributed by atoms with Gasteiger partial charge >= 0.3 is 0 Å². The summed E-state index contributed by atoms with van der Waals surface area (Å²) in [6.07, 6.45) is 3.20. The second-order valence-corrected chi connectivity index (χ2v) is 5.80. The summed E-state index contributed by atoms with van der Waals surface area (Å²) < 4.78 is 10.5. The van der Waals surface area contributed by atoms with Crippen molar-refractivity contribution in [1.29, 1.82) is 0 Å². The van der Waals surface area contributed by atoms with Crippen molar-refractivity contribution >= 4 is 28.5 Å². The van der Waals surface area contributed by atoms with Crippen molar-refractivity contribution < 1.29 is 14.3 Å². The maximum atomic E-state index is 11.9. The van der Waals surface area contributed by atoms with Crippen molar-refractivity contribution in [3.05, 3.63) is 40.4 Å². The van der Waals surface area contributed by atoms with E-state index < -0.39 is 0 Å². The van der Waals surface area contributed by atoms with E-state index in [1.54, 1.807) is 6.08 Å².